The molecule has 2 rings (SSSR count). The van der Waals surface area contributed by atoms with Crippen molar-refractivity contribution in [2.24, 2.45) is 11.5 Å². The van der Waals surface area contributed by atoms with Crippen LogP contribution in [-0.4, -0.2) is 14.1 Å². The van der Waals surface area contributed by atoms with Gasteiger partial charge in [-0.3, -0.25) is 0 Å². The number of fused-ring (bicyclic) bond motifs is 1. The van der Waals surface area contributed by atoms with E-state index in [2.05, 4.69) is 87.7 Å². The molecule has 0 fully saturated rings. The van der Waals surface area contributed by atoms with E-state index in [1.807, 2.05) is 0 Å². The van der Waals surface area contributed by atoms with Crippen molar-refractivity contribution in [2.75, 3.05) is 14.1 Å². The fourth-order valence-corrected chi connectivity index (χ4v) is 1.13. The van der Waals surface area contributed by atoms with Gasteiger partial charge in [0.05, 0.1) is 0 Å². The molecule has 0 saturated carbocycles. The van der Waals surface area contributed by atoms with E-state index < -0.39 is 0 Å². The Morgan fingerprint density at radius 3 is 0.850 bits per heavy atom. The van der Waals surface area contributed by atoms with E-state index in [9.17, 15) is 0 Å². The summed E-state index contributed by atoms with van der Waals surface area (Å²) >= 11 is 0. The van der Waals surface area contributed by atoms with Crippen LogP contribution in [-0.2, 0) is 0 Å². The summed E-state index contributed by atoms with van der Waals surface area (Å²) in [6.07, 6.45) is 2.50. The van der Waals surface area contributed by atoms with Gasteiger partial charge in [0, 0.05) is 0 Å². The number of rotatable bonds is 0. The van der Waals surface area contributed by atoms with Crippen LogP contribution in [0, 0.1) is 0 Å². The third-order valence-corrected chi connectivity index (χ3v) is 1.66. The Labute approximate surface area is 126 Å². The van der Waals surface area contributed by atoms with Crippen LogP contribution in [0.1, 0.15) is 40.5 Å². The molecule has 0 aliphatic carbocycles. The third-order valence-electron chi connectivity index (χ3n) is 1.66. The molecule has 2 heteroatoms. The minimum Gasteiger partial charge on any atom is -0.333 e. The van der Waals surface area contributed by atoms with Crippen molar-refractivity contribution in [3.8, 4) is 0 Å². The van der Waals surface area contributed by atoms with Gasteiger partial charge in [-0.25, -0.2) is 0 Å². The van der Waals surface area contributed by atoms with Gasteiger partial charge < -0.3 is 11.5 Å². The minimum atomic E-state index is 1.25. The van der Waals surface area contributed by atoms with E-state index >= 15 is 0 Å². The number of hydrogen-bond donors (Lipinski definition) is 2. The molecule has 0 aliphatic heterocycles. The maximum absolute atomic E-state index is 4.50. The molecule has 2 aromatic carbocycles. The largest absolute Gasteiger partial charge is 0.333 e. The van der Waals surface area contributed by atoms with Crippen molar-refractivity contribution in [1.29, 1.82) is 0 Å². The van der Waals surface area contributed by atoms with Crippen LogP contribution in [0.3, 0.4) is 0 Å². The van der Waals surface area contributed by atoms with Gasteiger partial charge in [0.25, 0.3) is 0 Å². The summed E-state index contributed by atoms with van der Waals surface area (Å²) in [4.78, 5) is 0. The van der Waals surface area contributed by atoms with Crippen molar-refractivity contribution in [1.82, 2.24) is 0 Å². The molecule has 0 bridgehead atoms. The minimum absolute atomic E-state index is 1.25. The molecular formula is C18H34N2. The molecule has 20 heavy (non-hydrogen) atoms. The number of hydrogen-bond acceptors (Lipinski definition) is 2. The highest BCUT2D eigenvalue weighted by Gasteiger charge is 1.85. The molecular weight excluding hydrogens is 244 g/mol. The lowest BCUT2D eigenvalue weighted by Gasteiger charge is -1.92. The molecule has 0 heterocycles. The zero-order chi connectivity index (χ0) is 16.2. The molecule has 116 valence electrons. The lowest BCUT2D eigenvalue weighted by Crippen LogP contribution is -1.69. The van der Waals surface area contributed by atoms with Crippen molar-refractivity contribution < 1.29 is 0 Å². The van der Waals surface area contributed by atoms with Crippen LogP contribution >= 0.6 is 0 Å². The van der Waals surface area contributed by atoms with Crippen molar-refractivity contribution in [3.63, 3.8) is 0 Å². The van der Waals surface area contributed by atoms with Gasteiger partial charge in [-0.2, -0.15) is 0 Å². The monoisotopic (exact) mass is 278 g/mol. The van der Waals surface area contributed by atoms with E-state index in [1.54, 1.807) is 0 Å². The maximum Gasteiger partial charge on any atom is -0.0184 e. The molecule has 0 aliphatic rings. The van der Waals surface area contributed by atoms with Crippen molar-refractivity contribution >= 4 is 10.8 Å². The highest BCUT2D eigenvalue weighted by Crippen LogP contribution is 2.11. The van der Waals surface area contributed by atoms with Crippen LogP contribution in [0.15, 0.2) is 48.5 Å². The Kier molecular flexibility index (Phi) is 27.0. The molecule has 2 nitrogen and oxygen atoms in total. The first kappa shape index (κ1) is 23.7. The highest BCUT2D eigenvalue weighted by molar-refractivity contribution is 5.81. The smallest absolute Gasteiger partial charge is 0.0184 e. The van der Waals surface area contributed by atoms with Crippen LogP contribution in [0.2, 0.25) is 0 Å². The summed E-state index contributed by atoms with van der Waals surface area (Å²) in [5.74, 6) is 0. The van der Waals surface area contributed by atoms with Gasteiger partial charge in [-0.15, -0.1) is 0 Å². The van der Waals surface area contributed by atoms with Crippen LogP contribution < -0.4 is 11.5 Å². The fourth-order valence-electron chi connectivity index (χ4n) is 1.13. The second kappa shape index (κ2) is 22.8. The highest BCUT2D eigenvalue weighted by atomic mass is 14.4. The Morgan fingerprint density at radius 1 is 0.550 bits per heavy atom. The first-order valence-electron chi connectivity index (χ1n) is 7.39. The lowest BCUT2D eigenvalue weighted by atomic mass is 10.1. The second-order valence-corrected chi connectivity index (χ2v) is 3.76. The van der Waals surface area contributed by atoms with Gasteiger partial charge in [0.15, 0.2) is 0 Å². The molecule has 0 radical (unpaired) electrons. The Hall–Kier alpha value is -1.38. The summed E-state index contributed by atoms with van der Waals surface area (Å²) in [7, 11) is 3.00. The van der Waals surface area contributed by atoms with Crippen molar-refractivity contribution in [3.05, 3.63) is 48.5 Å². The summed E-state index contributed by atoms with van der Waals surface area (Å²) in [5.41, 5.74) is 9.00. The van der Waals surface area contributed by atoms with E-state index in [1.165, 1.54) is 37.7 Å². The number of benzene rings is 2. The Balaban J connectivity index is -0.000000246. The second-order valence-electron chi connectivity index (χ2n) is 3.76. The van der Waals surface area contributed by atoms with Gasteiger partial charge in [-0.1, -0.05) is 89.1 Å². The van der Waals surface area contributed by atoms with Gasteiger partial charge in [0.1, 0.15) is 0 Å². The van der Waals surface area contributed by atoms with Crippen LogP contribution in [0.5, 0.6) is 0 Å². The first-order chi connectivity index (χ1) is 9.79. The Bertz CT molecular complexity index is 305. The zero-order valence-corrected chi connectivity index (χ0v) is 14.2. The SMILES string of the molecule is CCC.CCC.CN.CN.c1ccc2ccccc2c1. The first-order valence-corrected chi connectivity index (χ1v) is 7.39. The third kappa shape index (κ3) is 14.7. The molecule has 2 aromatic rings. The Morgan fingerprint density at radius 2 is 0.700 bits per heavy atom. The van der Waals surface area contributed by atoms with Gasteiger partial charge >= 0.3 is 0 Å². The molecule has 4 N–H and O–H groups in total. The normalized spacial score (nSPS) is 7.40. The summed E-state index contributed by atoms with van der Waals surface area (Å²) in [5, 5.41) is 2.62. The summed E-state index contributed by atoms with van der Waals surface area (Å²) in [6, 6.07) is 16.7. The molecule has 0 spiro atoms. The predicted octanol–water partition coefficient (Wildman–Crippen LogP) is 4.82. The van der Waals surface area contributed by atoms with Gasteiger partial charge in [-0.05, 0) is 24.9 Å². The maximum atomic E-state index is 4.50. The van der Waals surface area contributed by atoms with Crippen LogP contribution in [0.4, 0.5) is 0 Å². The topological polar surface area (TPSA) is 52.0 Å². The van der Waals surface area contributed by atoms with Crippen LogP contribution in [0.25, 0.3) is 10.8 Å². The van der Waals surface area contributed by atoms with E-state index in [-0.39, 0.29) is 0 Å². The fraction of sp³-hybridized carbons (Fsp3) is 0.444. The lowest BCUT2D eigenvalue weighted by molar-refractivity contribution is 1.09. The van der Waals surface area contributed by atoms with Gasteiger partial charge in [0.2, 0.25) is 0 Å². The average Bonchev–Trinajstić information content (AvgIpc) is 2.53. The van der Waals surface area contributed by atoms with E-state index in [0.29, 0.717) is 0 Å². The van der Waals surface area contributed by atoms with Crippen molar-refractivity contribution in [2.45, 2.75) is 40.5 Å². The molecule has 0 atom stereocenters. The summed E-state index contributed by atoms with van der Waals surface area (Å²) < 4.78 is 0. The quantitative estimate of drug-likeness (QED) is 0.725. The summed E-state index contributed by atoms with van der Waals surface area (Å²) in [6.45, 7) is 8.50. The standard InChI is InChI=1S/C10H8.2C3H8.2CH5N/c1-2-6-10-8-4-3-7-9(10)5-1;2*1-3-2;2*1-2/h1-8H;2*3H2,1-2H3;2*2H2,1H3. The predicted molar refractivity (Wildman–Crippen MR) is 96.1 cm³/mol. The molecule has 0 unspecified atom stereocenters. The van der Waals surface area contributed by atoms with E-state index in [4.69, 9.17) is 0 Å². The van der Waals surface area contributed by atoms with E-state index in [0.717, 1.165) is 0 Å². The molecule has 0 saturated heterocycles. The zero-order valence-electron chi connectivity index (χ0n) is 14.2. The average molecular weight is 278 g/mol. The molecule has 0 amide bonds. The molecule has 0 aromatic heterocycles. The number of nitrogens with two attached hydrogens (primary N) is 2.